The highest BCUT2D eigenvalue weighted by Gasteiger charge is 2.14. The van der Waals surface area contributed by atoms with Crippen LogP contribution in [-0.2, 0) is 13.1 Å². The van der Waals surface area contributed by atoms with E-state index in [-0.39, 0.29) is 12.1 Å². The quantitative estimate of drug-likeness (QED) is 0.909. The third kappa shape index (κ3) is 4.12. The molecular weight excluding hydrogens is 324 g/mol. The Morgan fingerprint density at radius 3 is 3.00 bits per heavy atom. The molecule has 6 nitrogen and oxygen atoms in total. The molecule has 0 aromatic carbocycles. The Hall–Kier alpha value is -1.76. The fourth-order valence-corrected chi connectivity index (χ4v) is 2.16. The Kier molecular flexibility index (Phi) is 4.84. The van der Waals surface area contributed by atoms with Crippen LogP contribution in [0.15, 0.2) is 39.9 Å². The molecule has 0 aliphatic carbocycles. The summed E-state index contributed by atoms with van der Waals surface area (Å²) in [6, 6.07) is 3.53. The summed E-state index contributed by atoms with van der Waals surface area (Å²) in [6.07, 6.45) is 5.31. The van der Waals surface area contributed by atoms with Crippen molar-refractivity contribution in [2.24, 2.45) is 0 Å². The molecule has 1 atom stereocenters. The van der Waals surface area contributed by atoms with E-state index in [4.69, 9.17) is 4.42 Å². The molecule has 0 aliphatic rings. The highest BCUT2D eigenvalue weighted by molar-refractivity contribution is 9.10. The molecule has 0 saturated carbocycles. The fourth-order valence-electron chi connectivity index (χ4n) is 1.82. The predicted molar refractivity (Wildman–Crippen MR) is 78.1 cm³/mol. The van der Waals surface area contributed by atoms with Gasteiger partial charge in [-0.25, -0.2) is 9.78 Å². The van der Waals surface area contributed by atoms with Crippen molar-refractivity contribution in [2.45, 2.75) is 26.1 Å². The van der Waals surface area contributed by atoms with Crippen LogP contribution in [0.5, 0.6) is 0 Å². The summed E-state index contributed by atoms with van der Waals surface area (Å²) in [7, 11) is 1.73. The number of halogens is 1. The van der Waals surface area contributed by atoms with Gasteiger partial charge >= 0.3 is 6.03 Å². The molecule has 0 spiro atoms. The van der Waals surface area contributed by atoms with E-state index >= 15 is 0 Å². The molecule has 2 amide bonds. The summed E-state index contributed by atoms with van der Waals surface area (Å²) in [5.74, 6) is 0.733. The molecule has 2 heterocycles. The summed E-state index contributed by atoms with van der Waals surface area (Å²) in [4.78, 5) is 17.6. The van der Waals surface area contributed by atoms with Crippen LogP contribution < -0.4 is 5.32 Å². The molecule has 0 aliphatic heterocycles. The van der Waals surface area contributed by atoms with E-state index in [1.54, 1.807) is 24.5 Å². The number of rotatable bonds is 5. The SMILES string of the molecule is CC(Cn1ccnc1)NC(=O)N(C)Cc1ccc(Br)o1. The number of nitrogens with one attached hydrogen (secondary N) is 1. The Morgan fingerprint density at radius 2 is 2.40 bits per heavy atom. The van der Waals surface area contributed by atoms with Gasteiger partial charge in [-0.05, 0) is 35.0 Å². The maximum absolute atomic E-state index is 12.0. The Morgan fingerprint density at radius 1 is 1.60 bits per heavy atom. The lowest BCUT2D eigenvalue weighted by atomic mass is 10.3. The van der Waals surface area contributed by atoms with Gasteiger partial charge in [-0.3, -0.25) is 0 Å². The van der Waals surface area contributed by atoms with Crippen LogP contribution in [0, 0.1) is 0 Å². The van der Waals surface area contributed by atoms with Gasteiger partial charge in [-0.2, -0.15) is 0 Å². The van der Waals surface area contributed by atoms with Gasteiger partial charge < -0.3 is 19.2 Å². The second kappa shape index (κ2) is 6.60. The van der Waals surface area contributed by atoms with Crippen LogP contribution in [-0.4, -0.2) is 33.6 Å². The summed E-state index contributed by atoms with van der Waals surface area (Å²) in [5, 5.41) is 2.93. The lowest BCUT2D eigenvalue weighted by Gasteiger charge is -2.20. The van der Waals surface area contributed by atoms with Crippen LogP contribution in [0.3, 0.4) is 0 Å². The van der Waals surface area contributed by atoms with Crippen molar-refractivity contribution < 1.29 is 9.21 Å². The van der Waals surface area contributed by atoms with E-state index in [1.165, 1.54) is 0 Å². The number of aromatic nitrogens is 2. The lowest BCUT2D eigenvalue weighted by Crippen LogP contribution is -2.43. The van der Waals surface area contributed by atoms with Crippen LogP contribution >= 0.6 is 15.9 Å². The lowest BCUT2D eigenvalue weighted by molar-refractivity contribution is 0.198. The van der Waals surface area contributed by atoms with E-state index in [1.807, 2.05) is 29.8 Å². The van der Waals surface area contributed by atoms with Crippen molar-refractivity contribution in [2.75, 3.05) is 7.05 Å². The van der Waals surface area contributed by atoms with Gasteiger partial charge in [0.25, 0.3) is 0 Å². The first-order chi connectivity index (χ1) is 9.54. The number of urea groups is 1. The van der Waals surface area contributed by atoms with Gasteiger partial charge in [-0.1, -0.05) is 0 Å². The number of imidazole rings is 1. The summed E-state index contributed by atoms with van der Waals surface area (Å²) in [5.41, 5.74) is 0. The van der Waals surface area contributed by atoms with Gasteiger partial charge in [0, 0.05) is 32.0 Å². The Labute approximate surface area is 125 Å². The van der Waals surface area contributed by atoms with Crippen molar-refractivity contribution in [1.82, 2.24) is 19.8 Å². The zero-order valence-corrected chi connectivity index (χ0v) is 13.0. The molecule has 2 aromatic rings. The van der Waals surface area contributed by atoms with Crippen LogP contribution in [0.25, 0.3) is 0 Å². The average molecular weight is 341 g/mol. The first-order valence-electron chi connectivity index (χ1n) is 6.26. The molecule has 7 heteroatoms. The number of hydrogen-bond donors (Lipinski definition) is 1. The molecule has 1 unspecified atom stereocenters. The molecule has 1 N–H and O–H groups in total. The maximum atomic E-state index is 12.0. The van der Waals surface area contributed by atoms with Gasteiger partial charge in [0.2, 0.25) is 0 Å². The van der Waals surface area contributed by atoms with Gasteiger partial charge in [0.15, 0.2) is 4.67 Å². The predicted octanol–water partition coefficient (Wildman–Crippen LogP) is 2.47. The number of amides is 2. The minimum atomic E-state index is -0.134. The van der Waals surface area contributed by atoms with Gasteiger partial charge in [0.1, 0.15) is 5.76 Å². The fraction of sp³-hybridized carbons (Fsp3) is 0.385. The molecule has 0 bridgehead atoms. The highest BCUT2D eigenvalue weighted by atomic mass is 79.9. The van der Waals surface area contributed by atoms with E-state index in [2.05, 4.69) is 26.2 Å². The molecule has 0 saturated heterocycles. The monoisotopic (exact) mass is 340 g/mol. The number of carbonyl (C=O) groups excluding carboxylic acids is 1. The molecule has 0 radical (unpaired) electrons. The Balaban J connectivity index is 1.81. The van der Waals surface area contributed by atoms with Crippen LogP contribution in [0.1, 0.15) is 12.7 Å². The standard InChI is InChI=1S/C13H17BrN4O2/c1-10(7-18-6-5-15-9-18)16-13(19)17(2)8-11-3-4-12(14)20-11/h3-6,9-10H,7-8H2,1-2H3,(H,16,19). The molecule has 2 aromatic heterocycles. The second-order valence-corrected chi connectivity index (χ2v) is 5.45. The molecule has 0 fully saturated rings. The van der Waals surface area contributed by atoms with Gasteiger partial charge in [0.05, 0.1) is 12.9 Å². The van der Waals surface area contributed by atoms with Crippen molar-refractivity contribution in [3.8, 4) is 0 Å². The van der Waals surface area contributed by atoms with E-state index in [0.717, 1.165) is 5.76 Å². The smallest absolute Gasteiger partial charge is 0.317 e. The minimum absolute atomic E-state index is 0.0162. The van der Waals surface area contributed by atoms with Crippen molar-refractivity contribution in [1.29, 1.82) is 0 Å². The van der Waals surface area contributed by atoms with Crippen molar-refractivity contribution in [3.05, 3.63) is 41.3 Å². The summed E-state index contributed by atoms with van der Waals surface area (Å²) < 4.78 is 7.96. The number of furan rings is 1. The molecular formula is C13H17BrN4O2. The first-order valence-corrected chi connectivity index (χ1v) is 7.05. The van der Waals surface area contributed by atoms with Crippen LogP contribution in [0.2, 0.25) is 0 Å². The summed E-state index contributed by atoms with van der Waals surface area (Å²) in [6.45, 7) is 3.07. The molecule has 2 rings (SSSR count). The van der Waals surface area contributed by atoms with Gasteiger partial charge in [-0.15, -0.1) is 0 Å². The van der Waals surface area contributed by atoms with Crippen molar-refractivity contribution in [3.63, 3.8) is 0 Å². The third-order valence-corrected chi connectivity index (χ3v) is 3.21. The molecule has 20 heavy (non-hydrogen) atoms. The number of hydrogen-bond acceptors (Lipinski definition) is 3. The largest absolute Gasteiger partial charge is 0.452 e. The average Bonchev–Trinajstić information content (AvgIpc) is 3.01. The zero-order valence-electron chi connectivity index (χ0n) is 11.4. The summed E-state index contributed by atoms with van der Waals surface area (Å²) >= 11 is 3.24. The minimum Gasteiger partial charge on any atom is -0.452 e. The third-order valence-electron chi connectivity index (χ3n) is 2.78. The van der Waals surface area contributed by atoms with Crippen molar-refractivity contribution >= 4 is 22.0 Å². The zero-order chi connectivity index (χ0) is 14.5. The normalized spacial score (nSPS) is 12.2. The highest BCUT2D eigenvalue weighted by Crippen LogP contribution is 2.15. The van der Waals surface area contributed by atoms with Crippen LogP contribution in [0.4, 0.5) is 4.79 Å². The topological polar surface area (TPSA) is 63.3 Å². The van der Waals surface area contributed by atoms with E-state index < -0.39 is 0 Å². The number of nitrogens with zero attached hydrogens (tertiary/aromatic N) is 3. The van der Waals surface area contributed by atoms with E-state index in [9.17, 15) is 4.79 Å². The molecule has 108 valence electrons. The van der Waals surface area contributed by atoms with E-state index in [0.29, 0.717) is 17.8 Å². The second-order valence-electron chi connectivity index (χ2n) is 4.67. The maximum Gasteiger partial charge on any atom is 0.317 e. The first kappa shape index (κ1) is 14.6. The number of carbonyl (C=O) groups is 1. The Bertz CT molecular complexity index is 552.